The lowest BCUT2D eigenvalue weighted by atomic mass is 10.2. The van der Waals surface area contributed by atoms with Crippen LogP contribution in [-0.2, 0) is 0 Å². The molecule has 0 saturated carbocycles. The van der Waals surface area contributed by atoms with Crippen molar-refractivity contribution in [3.05, 3.63) is 17.7 Å². The maximum atomic E-state index is 10.6. The van der Waals surface area contributed by atoms with Crippen LogP contribution in [0.4, 0.5) is 0 Å². The molecule has 1 N–H and O–H groups in total. The van der Waals surface area contributed by atoms with Crippen LogP contribution in [0.1, 0.15) is 10.4 Å². The zero-order chi connectivity index (χ0) is 9.26. The molecule has 0 atom stereocenters. The molecule has 0 unspecified atom stereocenters. The maximum absolute atomic E-state index is 10.6. The van der Waals surface area contributed by atoms with Gasteiger partial charge in [0, 0.05) is 0 Å². The van der Waals surface area contributed by atoms with Crippen LogP contribution in [0.15, 0.2) is 12.1 Å². The van der Waals surface area contributed by atoms with Crippen molar-refractivity contribution in [2.75, 3.05) is 13.2 Å². The SMILES string of the molecule is O=Cc1ccc(O)c2c1OCCO2. The third kappa shape index (κ3) is 1.20. The summed E-state index contributed by atoms with van der Waals surface area (Å²) < 4.78 is 10.4. The molecular weight excluding hydrogens is 172 g/mol. The average Bonchev–Trinajstić information content (AvgIpc) is 2.19. The fourth-order valence-electron chi connectivity index (χ4n) is 1.24. The molecule has 0 radical (unpaired) electrons. The summed E-state index contributed by atoms with van der Waals surface area (Å²) in [4.78, 5) is 10.6. The van der Waals surface area contributed by atoms with Crippen LogP contribution in [0.5, 0.6) is 17.2 Å². The number of ether oxygens (including phenoxy) is 2. The first-order valence-electron chi connectivity index (χ1n) is 3.89. The normalized spacial score (nSPS) is 13.8. The minimum absolute atomic E-state index is 0.000278. The van der Waals surface area contributed by atoms with Crippen molar-refractivity contribution < 1.29 is 19.4 Å². The number of fused-ring (bicyclic) bond motifs is 1. The predicted octanol–water partition coefficient (Wildman–Crippen LogP) is 0.976. The molecule has 0 fully saturated rings. The van der Waals surface area contributed by atoms with Crippen molar-refractivity contribution in [1.82, 2.24) is 0 Å². The Kier molecular flexibility index (Phi) is 1.81. The summed E-state index contributed by atoms with van der Waals surface area (Å²) in [5.41, 5.74) is 0.396. The number of phenols is 1. The summed E-state index contributed by atoms with van der Waals surface area (Å²) in [5.74, 6) is 0.595. The number of aldehydes is 1. The van der Waals surface area contributed by atoms with Crippen LogP contribution >= 0.6 is 0 Å². The van der Waals surface area contributed by atoms with E-state index in [0.717, 1.165) is 0 Å². The van der Waals surface area contributed by atoms with Gasteiger partial charge < -0.3 is 14.6 Å². The van der Waals surface area contributed by atoms with E-state index in [-0.39, 0.29) is 11.5 Å². The molecule has 0 spiro atoms. The van der Waals surface area contributed by atoms with Crippen molar-refractivity contribution in [3.8, 4) is 17.2 Å². The molecule has 1 aromatic rings. The van der Waals surface area contributed by atoms with Crippen LogP contribution in [0, 0.1) is 0 Å². The number of hydrogen-bond acceptors (Lipinski definition) is 4. The Labute approximate surface area is 74.7 Å². The van der Waals surface area contributed by atoms with E-state index in [1.54, 1.807) is 0 Å². The van der Waals surface area contributed by atoms with E-state index in [0.29, 0.717) is 30.8 Å². The second-order valence-corrected chi connectivity index (χ2v) is 2.65. The first kappa shape index (κ1) is 7.91. The number of aromatic hydroxyl groups is 1. The van der Waals surface area contributed by atoms with Crippen molar-refractivity contribution in [3.63, 3.8) is 0 Å². The molecule has 1 aliphatic heterocycles. The number of rotatable bonds is 1. The van der Waals surface area contributed by atoms with E-state index in [1.165, 1.54) is 12.1 Å². The Morgan fingerprint density at radius 1 is 1.23 bits per heavy atom. The molecule has 1 aliphatic rings. The van der Waals surface area contributed by atoms with Gasteiger partial charge in [0.05, 0.1) is 5.56 Å². The van der Waals surface area contributed by atoms with Gasteiger partial charge in [0.1, 0.15) is 13.2 Å². The first-order valence-corrected chi connectivity index (χ1v) is 3.89. The van der Waals surface area contributed by atoms with Crippen molar-refractivity contribution >= 4 is 6.29 Å². The van der Waals surface area contributed by atoms with Gasteiger partial charge in [0.2, 0.25) is 5.75 Å². The number of benzene rings is 1. The van der Waals surface area contributed by atoms with Crippen LogP contribution in [0.2, 0.25) is 0 Å². The zero-order valence-electron chi connectivity index (χ0n) is 6.82. The van der Waals surface area contributed by atoms with Crippen LogP contribution < -0.4 is 9.47 Å². The van der Waals surface area contributed by atoms with E-state index >= 15 is 0 Å². The van der Waals surface area contributed by atoms with Gasteiger partial charge in [0.25, 0.3) is 0 Å². The monoisotopic (exact) mass is 180 g/mol. The summed E-state index contributed by atoms with van der Waals surface area (Å²) in [6, 6.07) is 2.91. The average molecular weight is 180 g/mol. The van der Waals surface area contributed by atoms with E-state index in [4.69, 9.17) is 9.47 Å². The topological polar surface area (TPSA) is 55.8 Å². The molecule has 4 nitrogen and oxygen atoms in total. The number of phenolic OH excluding ortho intramolecular Hbond substituents is 1. The molecule has 0 aliphatic carbocycles. The quantitative estimate of drug-likeness (QED) is 0.654. The predicted molar refractivity (Wildman–Crippen MR) is 44.5 cm³/mol. The molecule has 0 bridgehead atoms. The molecule has 4 heteroatoms. The molecule has 68 valence electrons. The Morgan fingerprint density at radius 2 is 1.92 bits per heavy atom. The molecular formula is C9H8O4. The lowest BCUT2D eigenvalue weighted by Gasteiger charge is -2.20. The molecule has 0 saturated heterocycles. The first-order chi connectivity index (χ1) is 6.33. The Morgan fingerprint density at radius 3 is 2.62 bits per heavy atom. The van der Waals surface area contributed by atoms with Gasteiger partial charge in [-0.1, -0.05) is 0 Å². The van der Waals surface area contributed by atoms with Crippen LogP contribution in [0.3, 0.4) is 0 Å². The second kappa shape index (κ2) is 2.97. The number of carbonyl (C=O) groups excluding carboxylic acids is 1. The molecule has 0 aromatic heterocycles. The molecule has 1 heterocycles. The van der Waals surface area contributed by atoms with Crippen LogP contribution in [0.25, 0.3) is 0 Å². The van der Waals surface area contributed by atoms with E-state index in [9.17, 15) is 9.90 Å². The fraction of sp³-hybridized carbons (Fsp3) is 0.222. The van der Waals surface area contributed by atoms with Gasteiger partial charge in [0.15, 0.2) is 17.8 Å². The summed E-state index contributed by atoms with van der Waals surface area (Å²) in [5, 5.41) is 9.36. The smallest absolute Gasteiger partial charge is 0.204 e. The molecule has 13 heavy (non-hydrogen) atoms. The van der Waals surface area contributed by atoms with Gasteiger partial charge in [-0.05, 0) is 12.1 Å². The van der Waals surface area contributed by atoms with Gasteiger partial charge in [-0.2, -0.15) is 0 Å². The summed E-state index contributed by atoms with van der Waals surface area (Å²) in [6.07, 6.45) is 0.674. The lowest BCUT2D eigenvalue weighted by Crippen LogP contribution is -2.16. The fourth-order valence-corrected chi connectivity index (χ4v) is 1.24. The maximum Gasteiger partial charge on any atom is 0.204 e. The third-order valence-corrected chi connectivity index (χ3v) is 1.82. The molecule has 2 rings (SSSR count). The highest BCUT2D eigenvalue weighted by atomic mass is 16.6. The summed E-state index contributed by atoms with van der Waals surface area (Å²) >= 11 is 0. The van der Waals surface area contributed by atoms with Crippen molar-refractivity contribution in [2.45, 2.75) is 0 Å². The summed E-state index contributed by atoms with van der Waals surface area (Å²) in [7, 11) is 0. The van der Waals surface area contributed by atoms with Gasteiger partial charge in [-0.15, -0.1) is 0 Å². The van der Waals surface area contributed by atoms with Gasteiger partial charge in [-0.25, -0.2) is 0 Å². The highest BCUT2D eigenvalue weighted by molar-refractivity contribution is 5.82. The van der Waals surface area contributed by atoms with Gasteiger partial charge in [-0.3, -0.25) is 4.79 Å². The Hall–Kier alpha value is -1.71. The molecule has 1 aromatic carbocycles. The standard InChI is InChI=1S/C9H8O4/c10-5-6-1-2-7(11)9-8(6)12-3-4-13-9/h1-2,5,11H,3-4H2. The lowest BCUT2D eigenvalue weighted by molar-refractivity contribution is 0.111. The zero-order valence-corrected chi connectivity index (χ0v) is 6.82. The van der Waals surface area contributed by atoms with E-state index in [1.807, 2.05) is 0 Å². The Balaban J connectivity index is 2.58. The second-order valence-electron chi connectivity index (χ2n) is 2.65. The Bertz CT molecular complexity index is 346. The number of carbonyl (C=O) groups is 1. The minimum Gasteiger partial charge on any atom is -0.504 e. The highest BCUT2D eigenvalue weighted by Gasteiger charge is 2.19. The van der Waals surface area contributed by atoms with Crippen molar-refractivity contribution in [2.24, 2.45) is 0 Å². The largest absolute Gasteiger partial charge is 0.504 e. The minimum atomic E-state index is 0.000278. The summed E-state index contributed by atoms with van der Waals surface area (Å²) in [6.45, 7) is 0.792. The molecule has 0 amide bonds. The van der Waals surface area contributed by atoms with Crippen molar-refractivity contribution in [1.29, 1.82) is 0 Å². The van der Waals surface area contributed by atoms with E-state index in [2.05, 4.69) is 0 Å². The number of hydrogen-bond donors (Lipinski definition) is 1. The van der Waals surface area contributed by atoms with E-state index < -0.39 is 0 Å². The highest BCUT2D eigenvalue weighted by Crippen LogP contribution is 2.40. The van der Waals surface area contributed by atoms with Gasteiger partial charge >= 0.3 is 0 Å². The third-order valence-electron chi connectivity index (χ3n) is 1.82. The van der Waals surface area contributed by atoms with Crippen LogP contribution in [-0.4, -0.2) is 24.6 Å².